The SMILES string of the molecule is COc1cc(-c2ccccc2)ccc1NC(=O)CN1CCCC2=C1C(=O)N(C)C2=N. The fraction of sp³-hybridized carbons (Fsp3) is 0.261. The summed E-state index contributed by atoms with van der Waals surface area (Å²) in [6, 6.07) is 15.6. The molecule has 7 nitrogen and oxygen atoms in total. The predicted octanol–water partition coefficient (Wildman–Crippen LogP) is 3.10. The normalized spacial score (nSPS) is 16.1. The highest BCUT2D eigenvalue weighted by molar-refractivity contribution is 6.20. The molecular formula is C23H24N4O3. The number of amidine groups is 1. The largest absolute Gasteiger partial charge is 0.495 e. The molecule has 154 valence electrons. The number of hydrogen-bond donors (Lipinski definition) is 2. The minimum absolute atomic E-state index is 0.0509. The van der Waals surface area contributed by atoms with Crippen molar-refractivity contribution in [1.29, 1.82) is 5.41 Å². The van der Waals surface area contributed by atoms with Crippen LogP contribution in [0.5, 0.6) is 5.75 Å². The second-order valence-corrected chi connectivity index (χ2v) is 7.39. The Hall–Kier alpha value is -3.61. The number of nitrogens with one attached hydrogen (secondary N) is 2. The van der Waals surface area contributed by atoms with Gasteiger partial charge in [-0.2, -0.15) is 0 Å². The Kier molecular flexibility index (Phi) is 5.27. The zero-order valence-corrected chi connectivity index (χ0v) is 17.1. The van der Waals surface area contributed by atoms with E-state index in [4.69, 9.17) is 10.1 Å². The van der Waals surface area contributed by atoms with Crippen LogP contribution in [-0.2, 0) is 9.59 Å². The van der Waals surface area contributed by atoms with Crippen LogP contribution in [0.3, 0.4) is 0 Å². The lowest BCUT2D eigenvalue weighted by molar-refractivity contribution is -0.124. The first-order valence-corrected chi connectivity index (χ1v) is 9.88. The van der Waals surface area contributed by atoms with E-state index in [9.17, 15) is 9.59 Å². The second-order valence-electron chi connectivity index (χ2n) is 7.39. The molecule has 30 heavy (non-hydrogen) atoms. The second kappa shape index (κ2) is 8.02. The highest BCUT2D eigenvalue weighted by Crippen LogP contribution is 2.32. The monoisotopic (exact) mass is 404 g/mol. The number of hydrogen-bond acceptors (Lipinski definition) is 5. The van der Waals surface area contributed by atoms with Crippen molar-refractivity contribution in [3.05, 3.63) is 59.8 Å². The van der Waals surface area contributed by atoms with E-state index in [1.807, 2.05) is 48.5 Å². The zero-order chi connectivity index (χ0) is 21.3. The topological polar surface area (TPSA) is 85.7 Å². The highest BCUT2D eigenvalue weighted by atomic mass is 16.5. The molecule has 0 aliphatic carbocycles. The van der Waals surface area contributed by atoms with E-state index >= 15 is 0 Å². The minimum atomic E-state index is -0.233. The fourth-order valence-electron chi connectivity index (χ4n) is 3.95. The number of anilines is 1. The van der Waals surface area contributed by atoms with Crippen molar-refractivity contribution in [3.8, 4) is 16.9 Å². The Balaban J connectivity index is 1.50. The lowest BCUT2D eigenvalue weighted by Gasteiger charge is -2.28. The average molecular weight is 404 g/mol. The van der Waals surface area contributed by atoms with Crippen LogP contribution in [0, 0.1) is 5.41 Å². The van der Waals surface area contributed by atoms with E-state index in [-0.39, 0.29) is 24.2 Å². The third-order valence-electron chi connectivity index (χ3n) is 5.50. The summed E-state index contributed by atoms with van der Waals surface area (Å²) in [6.45, 7) is 0.665. The number of ether oxygens (including phenoxy) is 1. The summed E-state index contributed by atoms with van der Waals surface area (Å²) < 4.78 is 5.49. The van der Waals surface area contributed by atoms with Crippen LogP contribution in [0.4, 0.5) is 5.69 Å². The number of rotatable bonds is 5. The van der Waals surface area contributed by atoms with Gasteiger partial charge in [0.05, 0.1) is 19.3 Å². The third kappa shape index (κ3) is 3.54. The van der Waals surface area contributed by atoms with Gasteiger partial charge in [-0.25, -0.2) is 0 Å². The molecule has 0 radical (unpaired) electrons. The number of amides is 2. The van der Waals surface area contributed by atoms with E-state index in [1.165, 1.54) is 4.90 Å². The van der Waals surface area contributed by atoms with Crippen molar-refractivity contribution in [3.63, 3.8) is 0 Å². The standard InChI is InChI=1S/C23H24N4O3/c1-26-22(24)17-9-6-12-27(21(17)23(26)29)14-20(28)25-18-11-10-16(13-19(18)30-2)15-7-4-3-5-8-15/h3-5,7-8,10-11,13,24H,6,9,12,14H2,1-2H3,(H,25,28). The molecule has 0 unspecified atom stereocenters. The Labute approximate surface area is 175 Å². The molecule has 2 aromatic rings. The maximum atomic E-state index is 12.8. The highest BCUT2D eigenvalue weighted by Gasteiger charge is 2.38. The molecule has 0 atom stereocenters. The fourth-order valence-corrected chi connectivity index (χ4v) is 3.95. The van der Waals surface area contributed by atoms with Gasteiger partial charge < -0.3 is 15.0 Å². The first-order chi connectivity index (χ1) is 14.5. The van der Waals surface area contributed by atoms with Crippen LogP contribution in [-0.4, -0.2) is 54.7 Å². The number of benzene rings is 2. The van der Waals surface area contributed by atoms with E-state index < -0.39 is 0 Å². The first kappa shape index (κ1) is 19.7. The van der Waals surface area contributed by atoms with Crippen molar-refractivity contribution in [2.45, 2.75) is 12.8 Å². The third-order valence-corrected chi connectivity index (χ3v) is 5.50. The number of carbonyl (C=O) groups excluding carboxylic acids is 2. The lowest BCUT2D eigenvalue weighted by Crippen LogP contribution is -2.38. The Morgan fingerprint density at radius 2 is 1.93 bits per heavy atom. The molecular weight excluding hydrogens is 380 g/mol. The van der Waals surface area contributed by atoms with E-state index in [1.54, 1.807) is 19.1 Å². The maximum Gasteiger partial charge on any atom is 0.275 e. The average Bonchev–Trinajstić information content (AvgIpc) is 2.99. The van der Waals surface area contributed by atoms with Crippen LogP contribution in [0.1, 0.15) is 12.8 Å². The van der Waals surface area contributed by atoms with Crippen LogP contribution in [0.25, 0.3) is 11.1 Å². The smallest absolute Gasteiger partial charge is 0.275 e. The van der Waals surface area contributed by atoms with Crippen molar-refractivity contribution < 1.29 is 14.3 Å². The van der Waals surface area contributed by atoms with Gasteiger partial charge >= 0.3 is 0 Å². The summed E-state index contributed by atoms with van der Waals surface area (Å²) in [4.78, 5) is 28.4. The van der Waals surface area contributed by atoms with Crippen molar-refractivity contribution in [2.75, 3.05) is 32.6 Å². The quantitative estimate of drug-likeness (QED) is 0.802. The number of likely N-dealkylation sites (N-methyl/N-ethyl adjacent to an activating group) is 1. The van der Waals surface area contributed by atoms with E-state index in [0.29, 0.717) is 30.1 Å². The van der Waals surface area contributed by atoms with Crippen molar-refractivity contribution >= 4 is 23.3 Å². The molecule has 2 amide bonds. The number of nitrogens with zero attached hydrogens (tertiary/aromatic N) is 2. The van der Waals surface area contributed by atoms with Crippen LogP contribution < -0.4 is 10.1 Å². The van der Waals surface area contributed by atoms with Gasteiger partial charge in [-0.15, -0.1) is 0 Å². The number of methoxy groups -OCH3 is 1. The zero-order valence-electron chi connectivity index (χ0n) is 17.1. The number of carbonyl (C=O) groups is 2. The van der Waals surface area contributed by atoms with Gasteiger partial charge in [-0.1, -0.05) is 36.4 Å². The molecule has 2 N–H and O–H groups in total. The van der Waals surface area contributed by atoms with Gasteiger partial charge in [0.2, 0.25) is 5.91 Å². The van der Waals surface area contributed by atoms with E-state index in [2.05, 4.69) is 5.32 Å². The van der Waals surface area contributed by atoms with Crippen LogP contribution in [0.2, 0.25) is 0 Å². The van der Waals surface area contributed by atoms with Gasteiger partial charge in [0.25, 0.3) is 5.91 Å². The molecule has 0 bridgehead atoms. The first-order valence-electron chi connectivity index (χ1n) is 9.88. The molecule has 0 fully saturated rings. The van der Waals surface area contributed by atoms with Gasteiger partial charge in [0, 0.05) is 19.2 Å². The van der Waals surface area contributed by atoms with Gasteiger partial charge in [0.15, 0.2) is 0 Å². The molecule has 7 heteroatoms. The van der Waals surface area contributed by atoms with Crippen molar-refractivity contribution in [1.82, 2.24) is 9.80 Å². The van der Waals surface area contributed by atoms with Gasteiger partial charge in [-0.05, 0) is 36.1 Å². The summed E-state index contributed by atoms with van der Waals surface area (Å²) in [6.07, 6.45) is 1.50. The van der Waals surface area contributed by atoms with Crippen LogP contribution >= 0.6 is 0 Å². The molecule has 0 saturated heterocycles. The van der Waals surface area contributed by atoms with Crippen LogP contribution in [0.15, 0.2) is 59.8 Å². The molecule has 0 aromatic heterocycles. The van der Waals surface area contributed by atoms with Crippen molar-refractivity contribution in [2.24, 2.45) is 0 Å². The summed E-state index contributed by atoms with van der Waals surface area (Å²) in [5, 5.41) is 11.0. The minimum Gasteiger partial charge on any atom is -0.495 e. The Bertz CT molecular complexity index is 1050. The predicted molar refractivity (Wildman–Crippen MR) is 115 cm³/mol. The molecule has 2 aromatic carbocycles. The molecule has 4 rings (SSSR count). The molecule has 2 heterocycles. The molecule has 0 saturated carbocycles. The summed E-state index contributed by atoms with van der Waals surface area (Å²) >= 11 is 0. The molecule has 2 aliphatic heterocycles. The summed E-state index contributed by atoms with van der Waals surface area (Å²) in [5.74, 6) is 0.357. The molecule has 0 spiro atoms. The summed E-state index contributed by atoms with van der Waals surface area (Å²) in [5.41, 5.74) is 3.85. The Morgan fingerprint density at radius 1 is 1.17 bits per heavy atom. The molecule has 2 aliphatic rings. The van der Waals surface area contributed by atoms with E-state index in [0.717, 1.165) is 23.1 Å². The maximum absolute atomic E-state index is 12.8. The summed E-state index contributed by atoms with van der Waals surface area (Å²) in [7, 11) is 3.17. The van der Waals surface area contributed by atoms with Gasteiger partial charge in [0.1, 0.15) is 17.3 Å². The lowest BCUT2D eigenvalue weighted by atomic mass is 10.0. The van der Waals surface area contributed by atoms with Gasteiger partial charge in [-0.3, -0.25) is 19.9 Å². The Morgan fingerprint density at radius 3 is 2.67 bits per heavy atom.